The first kappa shape index (κ1) is 17.6. The Morgan fingerprint density at radius 3 is 2.45 bits per heavy atom. The second kappa shape index (κ2) is 8.66. The number of nitrogens with two attached hydrogens (primary N) is 1. The van der Waals surface area contributed by atoms with Crippen molar-refractivity contribution in [1.82, 2.24) is 5.32 Å². The van der Waals surface area contributed by atoms with Crippen LogP contribution in [-0.4, -0.2) is 26.4 Å². The Bertz CT molecular complexity index is 476. The van der Waals surface area contributed by atoms with Crippen molar-refractivity contribution in [3.8, 4) is 5.75 Å². The fourth-order valence-corrected chi connectivity index (χ4v) is 1.70. The van der Waals surface area contributed by atoms with E-state index in [-0.39, 0.29) is 5.91 Å². The van der Waals surface area contributed by atoms with Gasteiger partial charge in [0, 0.05) is 0 Å². The third-order valence-corrected chi connectivity index (χ3v) is 2.77. The van der Waals surface area contributed by atoms with Gasteiger partial charge in [-0.15, -0.1) is 13.2 Å². The highest BCUT2D eigenvalue weighted by Crippen LogP contribution is 2.29. The summed E-state index contributed by atoms with van der Waals surface area (Å²) in [7, 11) is 3.06. The van der Waals surface area contributed by atoms with E-state index in [2.05, 4.69) is 24.2 Å². The van der Waals surface area contributed by atoms with Crippen LogP contribution in [0.1, 0.15) is 5.56 Å². The van der Waals surface area contributed by atoms with Crippen LogP contribution in [0.3, 0.4) is 0 Å². The molecule has 0 saturated heterocycles. The number of benzene rings is 1. The molecule has 0 heterocycles. The molecule has 0 unspecified atom stereocenters. The lowest BCUT2D eigenvalue weighted by Crippen LogP contribution is -2.40. The standard InChI is InChI=1S/C14H16N2O2.CH5N/c1-4-14(5-2,13(17)16-10-15)11-7-6-8-12(9-11)18-3;1-2/h4-10H,1-2H2,3H3,(H2,15,16,17);2H2,1H3. The first-order valence-corrected chi connectivity index (χ1v) is 5.94. The van der Waals surface area contributed by atoms with Crippen LogP contribution in [0.2, 0.25) is 0 Å². The third-order valence-electron chi connectivity index (χ3n) is 2.77. The molecule has 5 nitrogen and oxygen atoms in total. The van der Waals surface area contributed by atoms with Crippen LogP contribution < -0.4 is 15.8 Å². The molecule has 0 aliphatic rings. The summed E-state index contributed by atoms with van der Waals surface area (Å²) >= 11 is 0. The van der Waals surface area contributed by atoms with Crippen molar-refractivity contribution in [2.75, 3.05) is 14.2 Å². The zero-order valence-electron chi connectivity index (χ0n) is 11.8. The van der Waals surface area contributed by atoms with Gasteiger partial charge < -0.3 is 15.8 Å². The van der Waals surface area contributed by atoms with Crippen LogP contribution in [0.15, 0.2) is 49.6 Å². The zero-order chi connectivity index (χ0) is 15.6. The lowest BCUT2D eigenvalue weighted by atomic mass is 9.79. The Hall–Kier alpha value is -2.40. The molecule has 1 amide bonds. The number of hydrogen-bond donors (Lipinski definition) is 3. The average molecular weight is 275 g/mol. The van der Waals surface area contributed by atoms with Crippen molar-refractivity contribution in [2.45, 2.75) is 5.41 Å². The van der Waals surface area contributed by atoms with Crippen molar-refractivity contribution >= 4 is 12.2 Å². The predicted molar refractivity (Wildman–Crippen MR) is 82.1 cm³/mol. The molecule has 0 bridgehead atoms. The summed E-state index contributed by atoms with van der Waals surface area (Å²) in [6.45, 7) is 7.38. The summed E-state index contributed by atoms with van der Waals surface area (Å²) in [6, 6.07) is 7.10. The van der Waals surface area contributed by atoms with Crippen LogP contribution in [-0.2, 0) is 10.2 Å². The normalized spacial score (nSPS) is 9.55. The molecule has 108 valence electrons. The van der Waals surface area contributed by atoms with Gasteiger partial charge in [-0.3, -0.25) is 10.2 Å². The number of carbonyl (C=O) groups excluding carboxylic acids is 1. The van der Waals surface area contributed by atoms with Crippen molar-refractivity contribution in [1.29, 1.82) is 5.41 Å². The number of hydrogen-bond acceptors (Lipinski definition) is 4. The monoisotopic (exact) mass is 275 g/mol. The number of carbonyl (C=O) groups is 1. The Labute approximate surface area is 119 Å². The van der Waals surface area contributed by atoms with E-state index >= 15 is 0 Å². The highest BCUT2D eigenvalue weighted by molar-refractivity contribution is 5.98. The SMILES string of the molecule is C=CC(C=C)(C(=O)NC=N)c1cccc(OC)c1.CN. The quantitative estimate of drug-likeness (QED) is 0.418. The van der Waals surface area contributed by atoms with E-state index in [1.54, 1.807) is 31.4 Å². The summed E-state index contributed by atoms with van der Waals surface area (Å²) in [4.78, 5) is 12.1. The van der Waals surface area contributed by atoms with Crippen LogP contribution in [0.25, 0.3) is 0 Å². The van der Waals surface area contributed by atoms with Gasteiger partial charge in [-0.1, -0.05) is 24.3 Å². The fraction of sp³-hybridized carbons (Fsp3) is 0.200. The van der Waals surface area contributed by atoms with Gasteiger partial charge in [-0.05, 0) is 24.7 Å². The van der Waals surface area contributed by atoms with Gasteiger partial charge in [-0.2, -0.15) is 0 Å². The lowest BCUT2D eigenvalue weighted by molar-refractivity contribution is -0.122. The summed E-state index contributed by atoms with van der Waals surface area (Å²) in [6.07, 6.45) is 3.82. The van der Waals surface area contributed by atoms with Gasteiger partial charge >= 0.3 is 0 Å². The number of rotatable bonds is 6. The van der Waals surface area contributed by atoms with E-state index < -0.39 is 5.41 Å². The largest absolute Gasteiger partial charge is 0.497 e. The molecule has 0 aromatic heterocycles. The van der Waals surface area contributed by atoms with Gasteiger partial charge in [0.05, 0.1) is 13.4 Å². The van der Waals surface area contributed by atoms with E-state index in [0.29, 0.717) is 11.3 Å². The first-order valence-electron chi connectivity index (χ1n) is 5.94. The average Bonchev–Trinajstić information content (AvgIpc) is 2.51. The van der Waals surface area contributed by atoms with E-state index in [4.69, 9.17) is 10.1 Å². The van der Waals surface area contributed by atoms with Gasteiger partial charge in [-0.25, -0.2) is 0 Å². The minimum Gasteiger partial charge on any atom is -0.497 e. The highest BCUT2D eigenvalue weighted by atomic mass is 16.5. The number of amides is 1. The maximum atomic E-state index is 12.1. The molecule has 1 aromatic carbocycles. The summed E-state index contributed by atoms with van der Waals surface area (Å²) in [5.74, 6) is 0.263. The molecule has 0 fully saturated rings. The molecule has 0 aliphatic heterocycles. The molecule has 0 saturated carbocycles. The van der Waals surface area contributed by atoms with E-state index in [1.165, 1.54) is 19.2 Å². The lowest BCUT2D eigenvalue weighted by Gasteiger charge is -2.25. The van der Waals surface area contributed by atoms with Gasteiger partial charge in [0.1, 0.15) is 11.2 Å². The Morgan fingerprint density at radius 2 is 2.00 bits per heavy atom. The van der Waals surface area contributed by atoms with Gasteiger partial charge in [0.25, 0.3) is 0 Å². The Kier molecular flexibility index (Phi) is 7.62. The van der Waals surface area contributed by atoms with Crippen molar-refractivity contribution in [3.63, 3.8) is 0 Å². The van der Waals surface area contributed by atoms with E-state index in [1.807, 2.05) is 0 Å². The second-order valence-electron chi connectivity index (χ2n) is 3.63. The van der Waals surface area contributed by atoms with Crippen molar-refractivity contribution < 1.29 is 9.53 Å². The topological polar surface area (TPSA) is 88.2 Å². The number of nitrogens with one attached hydrogen (secondary N) is 2. The predicted octanol–water partition coefficient (Wildman–Crippen LogP) is 1.60. The summed E-state index contributed by atoms with van der Waals surface area (Å²) in [5.41, 5.74) is 4.11. The highest BCUT2D eigenvalue weighted by Gasteiger charge is 2.34. The first-order chi connectivity index (χ1) is 9.64. The van der Waals surface area contributed by atoms with E-state index in [0.717, 1.165) is 6.34 Å². The second-order valence-corrected chi connectivity index (χ2v) is 3.63. The van der Waals surface area contributed by atoms with Crippen molar-refractivity contribution in [3.05, 3.63) is 55.1 Å². The number of methoxy groups -OCH3 is 1. The Balaban J connectivity index is 0.00000172. The maximum absolute atomic E-state index is 12.1. The zero-order valence-corrected chi connectivity index (χ0v) is 11.8. The maximum Gasteiger partial charge on any atom is 0.243 e. The minimum atomic E-state index is -1.08. The fourth-order valence-electron chi connectivity index (χ4n) is 1.70. The molecule has 5 heteroatoms. The molecule has 1 aromatic rings. The Morgan fingerprint density at radius 1 is 1.40 bits per heavy atom. The molecular weight excluding hydrogens is 254 g/mol. The molecule has 0 atom stereocenters. The van der Waals surface area contributed by atoms with Crippen molar-refractivity contribution in [2.24, 2.45) is 5.73 Å². The van der Waals surface area contributed by atoms with Gasteiger partial charge in [0.2, 0.25) is 5.91 Å². The molecule has 4 N–H and O–H groups in total. The van der Waals surface area contributed by atoms with Crippen LogP contribution in [0.4, 0.5) is 0 Å². The number of ether oxygens (including phenoxy) is 1. The molecule has 0 radical (unpaired) electrons. The molecule has 1 rings (SSSR count). The summed E-state index contributed by atoms with van der Waals surface area (Å²) < 4.78 is 5.13. The molecular formula is C15H21N3O2. The van der Waals surface area contributed by atoms with E-state index in [9.17, 15) is 4.79 Å². The van der Waals surface area contributed by atoms with Crippen LogP contribution >= 0.6 is 0 Å². The van der Waals surface area contributed by atoms with Crippen LogP contribution in [0, 0.1) is 5.41 Å². The third kappa shape index (κ3) is 3.55. The smallest absolute Gasteiger partial charge is 0.243 e. The molecule has 0 aliphatic carbocycles. The molecule has 0 spiro atoms. The van der Waals surface area contributed by atoms with Gasteiger partial charge in [0.15, 0.2) is 0 Å². The van der Waals surface area contributed by atoms with Crippen LogP contribution in [0.5, 0.6) is 5.75 Å². The minimum absolute atomic E-state index is 0.379. The molecule has 20 heavy (non-hydrogen) atoms. The summed E-state index contributed by atoms with van der Waals surface area (Å²) in [5, 5.41) is 9.30.